The van der Waals surface area contributed by atoms with Crippen LogP contribution >= 0.6 is 0 Å². The van der Waals surface area contributed by atoms with E-state index in [4.69, 9.17) is 0 Å². The molecule has 2 heteroatoms. The molecule has 0 radical (unpaired) electrons. The van der Waals surface area contributed by atoms with E-state index in [1.807, 2.05) is 0 Å². The first-order valence-electron chi connectivity index (χ1n) is 7.47. The van der Waals surface area contributed by atoms with E-state index in [1.54, 1.807) is 0 Å². The molecule has 100 valence electrons. The third-order valence-electron chi connectivity index (χ3n) is 5.28. The molecular weight excluding hydrogens is 208 g/mol. The van der Waals surface area contributed by atoms with Crippen LogP contribution in [0.2, 0.25) is 0 Å². The zero-order chi connectivity index (χ0) is 12.5. The Morgan fingerprint density at radius 2 is 2.00 bits per heavy atom. The van der Waals surface area contributed by atoms with Gasteiger partial charge in [-0.3, -0.25) is 4.90 Å². The van der Waals surface area contributed by atoms with E-state index in [1.165, 1.54) is 45.4 Å². The average Bonchev–Trinajstić information content (AvgIpc) is 2.83. The van der Waals surface area contributed by atoms with Gasteiger partial charge in [0.1, 0.15) is 0 Å². The Morgan fingerprint density at radius 3 is 2.59 bits per heavy atom. The molecule has 2 fully saturated rings. The van der Waals surface area contributed by atoms with E-state index in [2.05, 4.69) is 37.9 Å². The second-order valence-corrected chi connectivity index (χ2v) is 6.94. The van der Waals surface area contributed by atoms with Gasteiger partial charge >= 0.3 is 0 Å². The van der Waals surface area contributed by atoms with Gasteiger partial charge in [0, 0.05) is 12.1 Å². The molecule has 2 nitrogen and oxygen atoms in total. The van der Waals surface area contributed by atoms with E-state index < -0.39 is 0 Å². The van der Waals surface area contributed by atoms with Gasteiger partial charge in [-0.05, 0) is 70.5 Å². The first-order chi connectivity index (χ1) is 8.01. The zero-order valence-corrected chi connectivity index (χ0v) is 12.1. The molecule has 1 N–H and O–H groups in total. The minimum absolute atomic E-state index is 0.386. The average molecular weight is 238 g/mol. The fraction of sp³-hybridized carbons (Fsp3) is 1.00. The van der Waals surface area contributed by atoms with E-state index in [0.717, 1.165) is 17.8 Å². The number of hydrogen-bond donors (Lipinski definition) is 1. The van der Waals surface area contributed by atoms with Gasteiger partial charge < -0.3 is 5.32 Å². The van der Waals surface area contributed by atoms with Gasteiger partial charge in [-0.25, -0.2) is 0 Å². The van der Waals surface area contributed by atoms with E-state index >= 15 is 0 Å². The van der Waals surface area contributed by atoms with Gasteiger partial charge in [-0.1, -0.05) is 13.8 Å². The fourth-order valence-corrected chi connectivity index (χ4v) is 3.59. The quantitative estimate of drug-likeness (QED) is 0.813. The summed E-state index contributed by atoms with van der Waals surface area (Å²) >= 11 is 0. The van der Waals surface area contributed by atoms with Crippen molar-refractivity contribution < 1.29 is 0 Å². The second kappa shape index (κ2) is 5.27. The summed E-state index contributed by atoms with van der Waals surface area (Å²) in [7, 11) is 0. The molecule has 0 saturated carbocycles. The van der Waals surface area contributed by atoms with Crippen LogP contribution in [0.5, 0.6) is 0 Å². The predicted molar refractivity (Wildman–Crippen MR) is 74.2 cm³/mol. The Kier molecular flexibility index (Phi) is 4.14. The summed E-state index contributed by atoms with van der Waals surface area (Å²) in [6.07, 6.45) is 4.19. The molecule has 2 heterocycles. The predicted octanol–water partition coefficient (Wildman–Crippen LogP) is 2.74. The van der Waals surface area contributed by atoms with Crippen LogP contribution in [0.3, 0.4) is 0 Å². The minimum Gasteiger partial charge on any atom is -0.316 e. The summed E-state index contributed by atoms with van der Waals surface area (Å²) in [5, 5.41) is 3.52. The lowest BCUT2D eigenvalue weighted by Crippen LogP contribution is -2.54. The molecule has 0 aromatic rings. The van der Waals surface area contributed by atoms with Crippen molar-refractivity contribution in [2.45, 2.75) is 52.5 Å². The van der Waals surface area contributed by atoms with Crippen LogP contribution in [0.4, 0.5) is 0 Å². The highest BCUT2D eigenvalue weighted by Gasteiger charge is 2.39. The molecule has 2 aliphatic rings. The first kappa shape index (κ1) is 13.4. The summed E-state index contributed by atoms with van der Waals surface area (Å²) in [6, 6.07) is 0. The molecule has 2 rings (SSSR count). The van der Waals surface area contributed by atoms with Crippen molar-refractivity contribution in [2.24, 2.45) is 17.8 Å². The van der Waals surface area contributed by atoms with Crippen molar-refractivity contribution in [3.05, 3.63) is 0 Å². The molecule has 0 spiro atoms. The Morgan fingerprint density at radius 1 is 1.24 bits per heavy atom. The Bertz CT molecular complexity index is 241. The van der Waals surface area contributed by atoms with Gasteiger partial charge in [-0.2, -0.15) is 0 Å². The van der Waals surface area contributed by atoms with Crippen molar-refractivity contribution in [3.63, 3.8) is 0 Å². The molecular formula is C15H30N2. The maximum Gasteiger partial charge on any atom is 0.0194 e. The van der Waals surface area contributed by atoms with Crippen LogP contribution in [0.25, 0.3) is 0 Å². The zero-order valence-electron chi connectivity index (χ0n) is 12.1. The molecule has 2 saturated heterocycles. The van der Waals surface area contributed by atoms with Crippen molar-refractivity contribution in [2.75, 3.05) is 26.2 Å². The third-order valence-corrected chi connectivity index (χ3v) is 5.28. The van der Waals surface area contributed by atoms with Crippen LogP contribution in [0.15, 0.2) is 0 Å². The fourth-order valence-electron chi connectivity index (χ4n) is 3.59. The van der Waals surface area contributed by atoms with Gasteiger partial charge in [-0.15, -0.1) is 0 Å². The molecule has 2 atom stereocenters. The van der Waals surface area contributed by atoms with E-state index in [9.17, 15) is 0 Å². The highest BCUT2D eigenvalue weighted by molar-refractivity contribution is 4.95. The number of piperidine rings is 1. The van der Waals surface area contributed by atoms with Crippen molar-refractivity contribution in [1.29, 1.82) is 0 Å². The number of likely N-dealkylation sites (tertiary alicyclic amines) is 1. The Balaban J connectivity index is 1.99. The van der Waals surface area contributed by atoms with Crippen LogP contribution in [0, 0.1) is 17.8 Å². The van der Waals surface area contributed by atoms with Crippen molar-refractivity contribution in [3.8, 4) is 0 Å². The van der Waals surface area contributed by atoms with Crippen LogP contribution in [-0.2, 0) is 0 Å². The molecule has 0 aromatic heterocycles. The minimum atomic E-state index is 0.386. The van der Waals surface area contributed by atoms with E-state index in [0.29, 0.717) is 5.54 Å². The monoisotopic (exact) mass is 238 g/mol. The lowest BCUT2D eigenvalue weighted by molar-refractivity contribution is 0.0199. The maximum absolute atomic E-state index is 3.52. The molecule has 2 aliphatic heterocycles. The summed E-state index contributed by atoms with van der Waals surface area (Å²) in [5.41, 5.74) is 0.386. The van der Waals surface area contributed by atoms with Crippen LogP contribution < -0.4 is 5.32 Å². The smallest absolute Gasteiger partial charge is 0.0194 e. The van der Waals surface area contributed by atoms with Gasteiger partial charge in [0.25, 0.3) is 0 Å². The standard InChI is InChI=1S/C15H30N2/c1-12(2)13-6-5-9-17(11-13)15(3,4)14-7-8-16-10-14/h12-14,16H,5-11H2,1-4H3. The lowest BCUT2D eigenvalue weighted by atomic mass is 9.80. The topological polar surface area (TPSA) is 15.3 Å². The maximum atomic E-state index is 3.52. The number of hydrogen-bond acceptors (Lipinski definition) is 2. The molecule has 17 heavy (non-hydrogen) atoms. The van der Waals surface area contributed by atoms with Gasteiger partial charge in [0.05, 0.1) is 0 Å². The molecule has 0 bridgehead atoms. The third kappa shape index (κ3) is 2.85. The summed E-state index contributed by atoms with van der Waals surface area (Å²) in [4.78, 5) is 2.78. The number of rotatable bonds is 3. The van der Waals surface area contributed by atoms with Gasteiger partial charge in [0.15, 0.2) is 0 Å². The Labute approximate surface area is 107 Å². The first-order valence-corrected chi connectivity index (χ1v) is 7.47. The SMILES string of the molecule is CC(C)C1CCCN(C(C)(C)C2CCNC2)C1. The summed E-state index contributed by atoms with van der Waals surface area (Å²) in [5.74, 6) is 2.60. The second-order valence-electron chi connectivity index (χ2n) is 6.94. The van der Waals surface area contributed by atoms with Crippen molar-refractivity contribution in [1.82, 2.24) is 10.2 Å². The van der Waals surface area contributed by atoms with E-state index in [-0.39, 0.29) is 0 Å². The lowest BCUT2D eigenvalue weighted by Gasteiger charge is -2.47. The normalized spacial score (nSPS) is 32.3. The Hall–Kier alpha value is -0.0800. The molecule has 0 aliphatic carbocycles. The number of nitrogens with one attached hydrogen (secondary N) is 1. The largest absolute Gasteiger partial charge is 0.316 e. The molecule has 2 unspecified atom stereocenters. The van der Waals surface area contributed by atoms with Gasteiger partial charge in [0.2, 0.25) is 0 Å². The van der Waals surface area contributed by atoms with Crippen molar-refractivity contribution >= 4 is 0 Å². The summed E-state index contributed by atoms with van der Waals surface area (Å²) < 4.78 is 0. The molecule has 0 amide bonds. The summed E-state index contributed by atoms with van der Waals surface area (Å²) in [6.45, 7) is 14.8. The van der Waals surface area contributed by atoms with Crippen LogP contribution in [-0.4, -0.2) is 36.6 Å². The number of nitrogens with zero attached hydrogens (tertiary/aromatic N) is 1. The molecule has 0 aromatic carbocycles. The highest BCUT2D eigenvalue weighted by atomic mass is 15.2. The van der Waals surface area contributed by atoms with Crippen LogP contribution in [0.1, 0.15) is 47.0 Å². The highest BCUT2D eigenvalue weighted by Crippen LogP contribution is 2.34.